The number of rotatable bonds is 1. The summed E-state index contributed by atoms with van der Waals surface area (Å²) < 4.78 is 5.07. The molecule has 1 rings (SSSR count). The summed E-state index contributed by atoms with van der Waals surface area (Å²) in [4.78, 5) is 1.83. The quantitative estimate of drug-likeness (QED) is 0.511. The van der Waals surface area contributed by atoms with Gasteiger partial charge in [0.05, 0.1) is 6.61 Å². The van der Waals surface area contributed by atoms with Gasteiger partial charge in [0.1, 0.15) is 0 Å². The van der Waals surface area contributed by atoms with Gasteiger partial charge in [-0.1, -0.05) is 6.58 Å². The van der Waals surface area contributed by atoms with Crippen LogP contribution in [0.1, 0.15) is 6.42 Å². The molecule has 0 radical (unpaired) electrons. The maximum absolute atomic E-state index is 5.07. The summed E-state index contributed by atoms with van der Waals surface area (Å²) in [6.45, 7) is 5.29. The maximum atomic E-state index is 5.07. The fourth-order valence-corrected chi connectivity index (χ4v) is 0.984. The van der Waals surface area contributed by atoms with E-state index in [2.05, 4.69) is 6.58 Å². The van der Waals surface area contributed by atoms with Crippen LogP contribution in [0.4, 0.5) is 0 Å². The Bertz CT molecular complexity index is 135. The fourth-order valence-electron chi connectivity index (χ4n) is 0.734. The Balaban J connectivity index is 2.48. The van der Waals surface area contributed by atoms with Gasteiger partial charge in [-0.15, -0.1) is 0 Å². The van der Waals surface area contributed by atoms with Crippen LogP contribution in [-0.4, -0.2) is 23.2 Å². The van der Waals surface area contributed by atoms with Crippen LogP contribution in [0, 0.1) is 0 Å². The zero-order valence-corrected chi connectivity index (χ0v) is 5.99. The van der Waals surface area contributed by atoms with E-state index in [-0.39, 0.29) is 0 Å². The van der Waals surface area contributed by atoms with Gasteiger partial charge in [-0.25, -0.2) is 0 Å². The average molecular weight is 143 g/mol. The Morgan fingerprint density at radius 2 is 2.56 bits per heavy atom. The summed E-state index contributed by atoms with van der Waals surface area (Å²) in [7, 11) is 0. The van der Waals surface area contributed by atoms with Crippen LogP contribution in [0.2, 0.25) is 0 Å². The third kappa shape index (κ3) is 1.42. The lowest BCUT2D eigenvalue weighted by atomic mass is 10.4. The number of ether oxygens (including phenoxy) is 1. The largest absolute Gasteiger partial charge is 0.471 e. The number of hydrogen-bond donors (Lipinski definition) is 0. The molecule has 0 aliphatic carbocycles. The lowest BCUT2D eigenvalue weighted by molar-refractivity contribution is 0.213. The van der Waals surface area contributed by atoms with Crippen molar-refractivity contribution < 1.29 is 4.74 Å². The van der Waals surface area contributed by atoms with E-state index in [9.17, 15) is 0 Å². The number of nitrogens with zero attached hydrogens (tertiary/aromatic N) is 1. The van der Waals surface area contributed by atoms with Crippen LogP contribution in [0.3, 0.4) is 0 Å². The van der Waals surface area contributed by atoms with Gasteiger partial charge in [-0.2, -0.15) is 0 Å². The molecular formula is C6H9NOS. The van der Waals surface area contributed by atoms with Gasteiger partial charge in [0, 0.05) is 12.7 Å². The fraction of sp³-hybridized carbons (Fsp3) is 0.500. The maximum Gasteiger partial charge on any atom is 0.263 e. The molecule has 0 aromatic heterocycles. The van der Waals surface area contributed by atoms with E-state index in [0.717, 1.165) is 19.6 Å². The van der Waals surface area contributed by atoms with Crippen molar-refractivity contribution in [2.45, 2.75) is 6.42 Å². The van der Waals surface area contributed by atoms with Crippen LogP contribution in [-0.2, 0) is 4.74 Å². The van der Waals surface area contributed by atoms with Crippen molar-refractivity contribution >= 4 is 17.4 Å². The Labute approximate surface area is 60.1 Å². The highest BCUT2D eigenvalue weighted by Crippen LogP contribution is 2.03. The van der Waals surface area contributed by atoms with Crippen molar-refractivity contribution in [1.29, 1.82) is 0 Å². The van der Waals surface area contributed by atoms with Crippen LogP contribution in [0.15, 0.2) is 12.8 Å². The predicted molar refractivity (Wildman–Crippen MR) is 40.1 cm³/mol. The van der Waals surface area contributed by atoms with E-state index in [0.29, 0.717) is 5.17 Å². The molecule has 1 aliphatic heterocycles. The normalized spacial score (nSPS) is 19.1. The minimum atomic E-state index is 0.552. The second-order valence-corrected chi connectivity index (χ2v) is 2.19. The van der Waals surface area contributed by atoms with E-state index in [4.69, 9.17) is 17.0 Å². The molecule has 0 aromatic rings. The van der Waals surface area contributed by atoms with Crippen molar-refractivity contribution in [2.75, 3.05) is 13.2 Å². The van der Waals surface area contributed by atoms with Gasteiger partial charge in [0.2, 0.25) is 0 Å². The van der Waals surface area contributed by atoms with E-state index in [1.807, 2.05) is 4.90 Å². The highest BCUT2D eigenvalue weighted by molar-refractivity contribution is 7.80. The topological polar surface area (TPSA) is 12.5 Å². The summed E-state index contributed by atoms with van der Waals surface area (Å²) >= 11 is 4.86. The summed E-state index contributed by atoms with van der Waals surface area (Å²) in [5.41, 5.74) is 0. The molecule has 0 N–H and O–H groups in total. The lowest BCUT2D eigenvalue weighted by Crippen LogP contribution is -2.32. The van der Waals surface area contributed by atoms with Crippen molar-refractivity contribution in [1.82, 2.24) is 4.90 Å². The van der Waals surface area contributed by atoms with Crippen LogP contribution >= 0.6 is 12.2 Å². The first-order valence-electron chi connectivity index (χ1n) is 2.90. The second kappa shape index (κ2) is 2.82. The highest BCUT2D eigenvalue weighted by atomic mass is 32.1. The SMILES string of the molecule is C=CN1CCCOC1=S. The molecule has 1 aliphatic rings. The summed E-state index contributed by atoms with van der Waals surface area (Å²) in [5.74, 6) is 0. The van der Waals surface area contributed by atoms with E-state index in [1.165, 1.54) is 0 Å². The molecule has 0 spiro atoms. The Hall–Kier alpha value is -0.570. The van der Waals surface area contributed by atoms with Crippen molar-refractivity contribution in [3.63, 3.8) is 0 Å². The van der Waals surface area contributed by atoms with E-state index < -0.39 is 0 Å². The molecule has 0 saturated carbocycles. The highest BCUT2D eigenvalue weighted by Gasteiger charge is 2.11. The van der Waals surface area contributed by atoms with Crippen LogP contribution < -0.4 is 0 Å². The van der Waals surface area contributed by atoms with Gasteiger partial charge in [0.15, 0.2) is 0 Å². The molecule has 0 aromatic carbocycles. The first-order valence-corrected chi connectivity index (χ1v) is 3.31. The molecule has 1 heterocycles. The molecule has 0 atom stereocenters. The van der Waals surface area contributed by atoms with Gasteiger partial charge < -0.3 is 9.64 Å². The summed E-state index contributed by atoms with van der Waals surface area (Å²) in [6.07, 6.45) is 2.73. The predicted octanol–water partition coefficient (Wildman–Crippen LogP) is 1.14. The molecule has 3 heteroatoms. The smallest absolute Gasteiger partial charge is 0.263 e. The van der Waals surface area contributed by atoms with Crippen LogP contribution in [0.5, 0.6) is 0 Å². The molecule has 9 heavy (non-hydrogen) atoms. The third-order valence-corrected chi connectivity index (χ3v) is 1.58. The molecule has 0 amide bonds. The minimum absolute atomic E-state index is 0.552. The van der Waals surface area contributed by atoms with Gasteiger partial charge >= 0.3 is 0 Å². The second-order valence-electron chi connectivity index (χ2n) is 1.84. The minimum Gasteiger partial charge on any atom is -0.471 e. The van der Waals surface area contributed by atoms with Gasteiger partial charge in [-0.05, 0) is 18.6 Å². The van der Waals surface area contributed by atoms with E-state index in [1.54, 1.807) is 6.20 Å². The van der Waals surface area contributed by atoms with Crippen LogP contribution in [0.25, 0.3) is 0 Å². The molecule has 2 nitrogen and oxygen atoms in total. The molecule has 0 bridgehead atoms. The van der Waals surface area contributed by atoms with E-state index >= 15 is 0 Å². The molecule has 0 unspecified atom stereocenters. The molecule has 1 fully saturated rings. The van der Waals surface area contributed by atoms with Gasteiger partial charge in [-0.3, -0.25) is 0 Å². The Morgan fingerprint density at radius 3 is 3.00 bits per heavy atom. The average Bonchev–Trinajstić information content (AvgIpc) is 1.89. The Kier molecular flexibility index (Phi) is 2.05. The van der Waals surface area contributed by atoms with Gasteiger partial charge in [0.25, 0.3) is 5.17 Å². The lowest BCUT2D eigenvalue weighted by Gasteiger charge is -2.25. The van der Waals surface area contributed by atoms with Crippen molar-refractivity contribution in [2.24, 2.45) is 0 Å². The zero-order valence-electron chi connectivity index (χ0n) is 5.17. The monoisotopic (exact) mass is 143 g/mol. The number of thiocarbonyl (C=S) groups is 1. The summed E-state index contributed by atoms with van der Waals surface area (Å²) in [6, 6.07) is 0. The zero-order chi connectivity index (χ0) is 6.69. The number of hydrogen-bond acceptors (Lipinski definition) is 2. The molecule has 1 saturated heterocycles. The molecular weight excluding hydrogens is 134 g/mol. The van der Waals surface area contributed by atoms with Crippen molar-refractivity contribution in [3.05, 3.63) is 12.8 Å². The van der Waals surface area contributed by atoms with Crippen molar-refractivity contribution in [3.8, 4) is 0 Å². The third-order valence-electron chi connectivity index (χ3n) is 1.22. The summed E-state index contributed by atoms with van der Waals surface area (Å²) in [5, 5.41) is 0.552. The first-order chi connectivity index (χ1) is 4.34. The Morgan fingerprint density at radius 1 is 1.78 bits per heavy atom. The first kappa shape index (κ1) is 6.55. The molecule has 50 valence electrons. The standard InChI is InChI=1S/C6H9NOS/c1-2-7-4-3-5-8-6(7)9/h2H,1,3-5H2.